The molecule has 0 aromatic heterocycles. The van der Waals surface area contributed by atoms with Crippen molar-refractivity contribution in [3.05, 3.63) is 11.5 Å². The van der Waals surface area contributed by atoms with Crippen molar-refractivity contribution in [2.24, 2.45) is 0 Å². The number of nitrogens with one attached hydrogen (secondary N) is 2. The fourth-order valence-electron chi connectivity index (χ4n) is 1.13. The summed E-state index contributed by atoms with van der Waals surface area (Å²) >= 11 is 1.61. The van der Waals surface area contributed by atoms with Crippen LogP contribution in [-0.2, 0) is 18.8 Å². The molecule has 1 aliphatic carbocycles. The first-order valence-corrected chi connectivity index (χ1v) is 6.16. The number of hydrogen-bond donors (Lipinski definition) is 0. The third-order valence-electron chi connectivity index (χ3n) is 1.77. The molecule has 2 atom stereocenters. The van der Waals surface area contributed by atoms with Gasteiger partial charge in [0, 0.05) is 0 Å². The van der Waals surface area contributed by atoms with Gasteiger partial charge in [-0.05, 0) is 0 Å². The Bertz CT molecular complexity index is 72.1. The van der Waals surface area contributed by atoms with E-state index < -0.39 is 0 Å². The van der Waals surface area contributed by atoms with Crippen molar-refractivity contribution in [1.82, 2.24) is 0 Å². The first-order chi connectivity index (χ1) is 4.80. The molecule has 65 valence electrons. The van der Waals surface area contributed by atoms with Gasteiger partial charge >= 0.3 is 28.2 Å². The van der Waals surface area contributed by atoms with Gasteiger partial charge < -0.3 is 11.5 Å². The van der Waals surface area contributed by atoms with Crippen LogP contribution in [-0.4, -0.2) is 12.1 Å². The predicted octanol–water partition coefficient (Wildman–Crippen LogP) is 3.09. The standard InChI is InChI=1S/C6H12N2.ClH.Pt/c7-5-3-1-2-4-6(5)8;;/h5-8H,1-4H2;1H;/q-2;;+1/p-1/t5-,6-;;/m1../s1. The molecule has 0 aromatic carbocycles. The fraction of sp³-hybridized carbons (Fsp3) is 1.00. The Morgan fingerprint density at radius 1 is 1.00 bits per heavy atom. The van der Waals surface area contributed by atoms with Crippen molar-refractivity contribution in [1.29, 1.82) is 0 Å². The van der Waals surface area contributed by atoms with Crippen molar-refractivity contribution >= 4 is 9.42 Å². The first-order valence-electron chi connectivity index (χ1n) is 3.35. The molecule has 0 radical (unpaired) electrons. The van der Waals surface area contributed by atoms with Crippen molar-refractivity contribution in [3.63, 3.8) is 0 Å². The van der Waals surface area contributed by atoms with Crippen LogP contribution in [0.5, 0.6) is 0 Å². The van der Waals surface area contributed by atoms with Gasteiger partial charge in [-0.25, -0.2) is 0 Å². The summed E-state index contributed by atoms with van der Waals surface area (Å²) in [6.07, 6.45) is 4.25. The predicted molar refractivity (Wildman–Crippen MR) is 40.5 cm³/mol. The molecule has 4 heteroatoms. The van der Waals surface area contributed by atoms with Crippen LogP contribution in [0.3, 0.4) is 0 Å². The van der Waals surface area contributed by atoms with E-state index in [2.05, 4.69) is 9.42 Å². The van der Waals surface area contributed by atoms with E-state index in [0.717, 1.165) is 12.8 Å². The summed E-state index contributed by atoms with van der Waals surface area (Å²) in [6.45, 7) is 0. The van der Waals surface area contributed by atoms with Crippen LogP contribution in [0.4, 0.5) is 0 Å². The van der Waals surface area contributed by atoms with E-state index in [4.69, 9.17) is 11.5 Å². The van der Waals surface area contributed by atoms with E-state index in [0.29, 0.717) is 0 Å². The molecule has 0 amide bonds. The Morgan fingerprint density at radius 3 is 1.50 bits per heavy atom. The second-order valence-corrected chi connectivity index (χ2v) is 2.50. The van der Waals surface area contributed by atoms with Crippen LogP contribution >= 0.6 is 9.42 Å². The van der Waals surface area contributed by atoms with Crippen LogP contribution in [0, 0.1) is 0 Å². The minimum atomic E-state index is -0.0799. The molecule has 2 N–H and O–H groups in total. The quantitative estimate of drug-likeness (QED) is 0.649. The van der Waals surface area contributed by atoms with Gasteiger partial charge in [-0.15, -0.1) is 0 Å². The minimum absolute atomic E-state index is 0.0799. The Balaban J connectivity index is 0.000000371. The summed E-state index contributed by atoms with van der Waals surface area (Å²) in [7, 11) is 4.61. The Labute approximate surface area is 77.5 Å². The molecule has 1 rings (SSSR count). The molecular weight excluding hydrogens is 331 g/mol. The Kier molecular flexibility index (Phi) is 7.19. The summed E-state index contributed by atoms with van der Waals surface area (Å²) < 4.78 is 0. The van der Waals surface area contributed by atoms with Crippen LogP contribution < -0.4 is 0 Å². The molecular formula is C6H12ClN2Pt-2. The molecule has 2 nitrogen and oxygen atoms in total. The van der Waals surface area contributed by atoms with Gasteiger partial charge in [-0.3, -0.25) is 0 Å². The first kappa shape index (κ1) is 10.9. The van der Waals surface area contributed by atoms with Crippen LogP contribution in [0.25, 0.3) is 11.5 Å². The zero-order valence-electron chi connectivity index (χ0n) is 5.68. The summed E-state index contributed by atoms with van der Waals surface area (Å²) in [6, 6.07) is -0.160. The monoisotopic (exact) mass is 342 g/mol. The average Bonchev–Trinajstić information content (AvgIpc) is 2.00. The maximum absolute atomic E-state index is 7.29. The second-order valence-electron chi connectivity index (χ2n) is 2.50. The minimum Gasteiger partial charge on any atom is -0.676 e. The third kappa shape index (κ3) is 3.92. The maximum atomic E-state index is 7.29. The molecule has 0 spiro atoms. The Hall–Kier alpha value is 0.898. The average molecular weight is 343 g/mol. The number of halogens is 1. The third-order valence-corrected chi connectivity index (χ3v) is 1.77. The van der Waals surface area contributed by atoms with E-state index in [1.165, 1.54) is 12.8 Å². The largest absolute Gasteiger partial charge is 0.676 e. The van der Waals surface area contributed by atoms with E-state index in [1.54, 1.807) is 18.8 Å². The van der Waals surface area contributed by atoms with Crippen molar-refractivity contribution in [3.8, 4) is 0 Å². The van der Waals surface area contributed by atoms with Gasteiger partial charge in [0.05, 0.1) is 0 Å². The second kappa shape index (κ2) is 6.60. The van der Waals surface area contributed by atoms with E-state index in [9.17, 15) is 0 Å². The SMILES string of the molecule is [Cl][Pt].[NH-][C@@H]1CCCC[C@H]1[NH-]. The molecule has 0 heterocycles. The zero-order chi connectivity index (χ0) is 7.98. The van der Waals surface area contributed by atoms with Gasteiger partial charge in [-0.1, -0.05) is 25.7 Å². The van der Waals surface area contributed by atoms with Gasteiger partial charge in [0.15, 0.2) is 0 Å². The summed E-state index contributed by atoms with van der Waals surface area (Å²) in [5, 5.41) is 0. The smallest absolute Gasteiger partial charge is 0.0548 e. The number of rotatable bonds is 0. The molecule has 1 saturated carbocycles. The zero-order valence-corrected chi connectivity index (χ0v) is 8.71. The normalized spacial score (nSPS) is 32.5. The molecule has 10 heavy (non-hydrogen) atoms. The van der Waals surface area contributed by atoms with E-state index >= 15 is 0 Å². The van der Waals surface area contributed by atoms with Crippen molar-refractivity contribution in [2.45, 2.75) is 37.8 Å². The Morgan fingerprint density at radius 2 is 1.30 bits per heavy atom. The topological polar surface area (TPSA) is 47.6 Å². The van der Waals surface area contributed by atoms with Crippen LogP contribution in [0.1, 0.15) is 25.7 Å². The number of hydrogen-bond acceptors (Lipinski definition) is 0. The molecule has 0 aliphatic heterocycles. The summed E-state index contributed by atoms with van der Waals surface area (Å²) in [5.41, 5.74) is 14.6. The maximum Gasteiger partial charge on any atom is -0.0548 e. The summed E-state index contributed by atoms with van der Waals surface area (Å²) in [4.78, 5) is 0. The molecule has 1 fully saturated rings. The molecule has 0 aromatic rings. The van der Waals surface area contributed by atoms with Crippen LogP contribution in [0.15, 0.2) is 0 Å². The molecule has 0 saturated heterocycles. The van der Waals surface area contributed by atoms with Gasteiger partial charge in [0.1, 0.15) is 0 Å². The molecule has 0 bridgehead atoms. The van der Waals surface area contributed by atoms with Gasteiger partial charge in [0.25, 0.3) is 0 Å². The van der Waals surface area contributed by atoms with Gasteiger partial charge in [0.2, 0.25) is 0 Å². The van der Waals surface area contributed by atoms with Crippen LogP contribution in [0.2, 0.25) is 0 Å². The van der Waals surface area contributed by atoms with Crippen molar-refractivity contribution < 1.29 is 18.8 Å². The van der Waals surface area contributed by atoms with Gasteiger partial charge in [-0.2, -0.15) is 12.1 Å². The van der Waals surface area contributed by atoms with E-state index in [-0.39, 0.29) is 12.1 Å². The molecule has 1 aliphatic rings. The summed E-state index contributed by atoms with van der Waals surface area (Å²) in [5.74, 6) is 0. The molecule has 0 unspecified atom stereocenters. The van der Waals surface area contributed by atoms with E-state index in [1.807, 2.05) is 0 Å². The fourth-order valence-corrected chi connectivity index (χ4v) is 1.13. The van der Waals surface area contributed by atoms with Crippen molar-refractivity contribution in [2.75, 3.05) is 0 Å².